The Balaban J connectivity index is 1.79. The van der Waals surface area contributed by atoms with E-state index in [1.165, 1.54) is 0 Å². The van der Waals surface area contributed by atoms with Crippen molar-refractivity contribution < 1.29 is 14.2 Å². The number of hydrogen-bond acceptors (Lipinski definition) is 5. The molecule has 0 aliphatic carbocycles. The molecule has 2 rings (SSSR count). The lowest BCUT2D eigenvalue weighted by atomic mass is 10.2. The average molecular weight is 279 g/mol. The molecule has 110 valence electrons. The summed E-state index contributed by atoms with van der Waals surface area (Å²) in [5, 5.41) is 7.42. The van der Waals surface area contributed by atoms with Crippen molar-refractivity contribution in [3.8, 4) is 11.5 Å². The van der Waals surface area contributed by atoms with Crippen LogP contribution in [0.25, 0.3) is 0 Å². The zero-order valence-electron chi connectivity index (χ0n) is 11.7. The van der Waals surface area contributed by atoms with Gasteiger partial charge in [0.1, 0.15) is 18.5 Å². The molecule has 6 heteroatoms. The number of nitrogens with one attached hydrogen (secondary N) is 1. The fraction of sp³-hybridized carbons (Fsp3) is 0.500. The molecule has 20 heavy (non-hydrogen) atoms. The quantitative estimate of drug-likeness (QED) is 0.592. The topological polar surface area (TPSA) is 80.8 Å². The second kappa shape index (κ2) is 7.12. The summed E-state index contributed by atoms with van der Waals surface area (Å²) in [5.74, 6) is 1.56. The fourth-order valence-corrected chi connectivity index (χ4v) is 2.12. The predicted molar refractivity (Wildman–Crippen MR) is 76.6 cm³/mol. The second-order valence-electron chi connectivity index (χ2n) is 4.61. The summed E-state index contributed by atoms with van der Waals surface area (Å²) in [6.45, 7) is 3.40. The van der Waals surface area contributed by atoms with Crippen LogP contribution in [0.2, 0.25) is 0 Å². The molecule has 3 N–H and O–H groups in total. The molecule has 1 heterocycles. The molecule has 0 amide bonds. The van der Waals surface area contributed by atoms with E-state index in [4.69, 9.17) is 25.4 Å². The Morgan fingerprint density at radius 1 is 1.45 bits per heavy atom. The second-order valence-corrected chi connectivity index (χ2v) is 4.61. The van der Waals surface area contributed by atoms with Gasteiger partial charge in [-0.15, -0.1) is 0 Å². The maximum absolute atomic E-state index is 7.42. The summed E-state index contributed by atoms with van der Waals surface area (Å²) in [5.41, 5.74) is 5.47. The first-order chi connectivity index (χ1) is 9.70. The molecule has 1 saturated heterocycles. The Hall–Kier alpha value is -1.79. The van der Waals surface area contributed by atoms with Gasteiger partial charge < -0.3 is 19.9 Å². The van der Waals surface area contributed by atoms with Gasteiger partial charge >= 0.3 is 0 Å². The highest BCUT2D eigenvalue weighted by Crippen LogP contribution is 2.25. The zero-order chi connectivity index (χ0) is 14.4. The highest BCUT2D eigenvalue weighted by molar-refractivity contribution is 5.82. The number of para-hydroxylation sites is 2. The lowest BCUT2D eigenvalue weighted by Crippen LogP contribution is -2.49. The third kappa shape index (κ3) is 3.85. The van der Waals surface area contributed by atoms with Gasteiger partial charge in [-0.1, -0.05) is 12.1 Å². The minimum absolute atomic E-state index is 0.0837. The summed E-state index contributed by atoms with van der Waals surface area (Å²) < 4.78 is 16.4. The molecule has 0 aromatic heterocycles. The normalized spacial score (nSPS) is 19.6. The molecule has 0 spiro atoms. The highest BCUT2D eigenvalue weighted by atomic mass is 16.5. The van der Waals surface area contributed by atoms with Gasteiger partial charge in [-0.2, -0.15) is 0 Å². The first-order valence-electron chi connectivity index (χ1n) is 6.64. The van der Waals surface area contributed by atoms with E-state index in [0.29, 0.717) is 19.8 Å². The van der Waals surface area contributed by atoms with Gasteiger partial charge in [-0.05, 0) is 12.1 Å². The van der Waals surface area contributed by atoms with E-state index >= 15 is 0 Å². The molecular weight excluding hydrogens is 258 g/mol. The molecule has 1 aliphatic heterocycles. The van der Waals surface area contributed by atoms with Gasteiger partial charge in [0.2, 0.25) is 0 Å². The standard InChI is InChI=1S/C14H21N3O3/c1-18-11-4-2-3-5-12(11)19-8-6-17-7-9-20-13(10-17)14(15)16/h2-5,13H,6-10H2,1H3,(H3,15,16). The Bertz CT molecular complexity index is 453. The van der Waals surface area contributed by atoms with Gasteiger partial charge in [0.05, 0.1) is 13.7 Å². The van der Waals surface area contributed by atoms with Crippen LogP contribution in [0.15, 0.2) is 24.3 Å². The summed E-state index contributed by atoms with van der Waals surface area (Å²) in [6.07, 6.45) is -0.296. The highest BCUT2D eigenvalue weighted by Gasteiger charge is 2.22. The van der Waals surface area contributed by atoms with E-state index in [-0.39, 0.29) is 11.9 Å². The van der Waals surface area contributed by atoms with Gasteiger partial charge in [0, 0.05) is 19.6 Å². The molecule has 1 unspecified atom stereocenters. The SMILES string of the molecule is COc1ccccc1OCCN1CCOC(C(=N)N)C1. The molecule has 1 atom stereocenters. The summed E-state index contributed by atoms with van der Waals surface area (Å²) in [7, 11) is 1.63. The van der Waals surface area contributed by atoms with Crippen molar-refractivity contribution in [2.45, 2.75) is 6.10 Å². The molecule has 6 nitrogen and oxygen atoms in total. The van der Waals surface area contributed by atoms with Gasteiger partial charge in [0.15, 0.2) is 11.5 Å². The molecule has 1 fully saturated rings. The van der Waals surface area contributed by atoms with E-state index in [0.717, 1.165) is 24.6 Å². The zero-order valence-corrected chi connectivity index (χ0v) is 11.7. The Kier molecular flexibility index (Phi) is 5.20. The van der Waals surface area contributed by atoms with Crippen LogP contribution in [0.1, 0.15) is 0 Å². The number of methoxy groups -OCH3 is 1. The van der Waals surface area contributed by atoms with Crippen LogP contribution in [0.5, 0.6) is 11.5 Å². The number of morpholine rings is 1. The number of ether oxygens (including phenoxy) is 3. The smallest absolute Gasteiger partial charge is 0.161 e. The van der Waals surface area contributed by atoms with Crippen molar-refractivity contribution >= 4 is 5.84 Å². The van der Waals surface area contributed by atoms with Crippen molar-refractivity contribution in [1.29, 1.82) is 5.41 Å². The number of nitrogens with two attached hydrogens (primary N) is 1. The number of amidine groups is 1. The van der Waals surface area contributed by atoms with E-state index in [1.807, 2.05) is 24.3 Å². The van der Waals surface area contributed by atoms with E-state index in [9.17, 15) is 0 Å². The maximum Gasteiger partial charge on any atom is 0.161 e. The van der Waals surface area contributed by atoms with Crippen molar-refractivity contribution in [2.24, 2.45) is 5.73 Å². The largest absolute Gasteiger partial charge is 0.493 e. The lowest BCUT2D eigenvalue weighted by Gasteiger charge is -2.32. The van der Waals surface area contributed by atoms with Crippen LogP contribution < -0.4 is 15.2 Å². The summed E-state index contributed by atoms with van der Waals surface area (Å²) >= 11 is 0. The maximum atomic E-state index is 7.42. The Morgan fingerprint density at radius 3 is 2.90 bits per heavy atom. The first kappa shape index (κ1) is 14.6. The lowest BCUT2D eigenvalue weighted by molar-refractivity contribution is 0.00147. The monoisotopic (exact) mass is 279 g/mol. The van der Waals surface area contributed by atoms with Crippen LogP contribution in [0.3, 0.4) is 0 Å². The number of hydrogen-bond donors (Lipinski definition) is 2. The fourth-order valence-electron chi connectivity index (χ4n) is 2.12. The van der Waals surface area contributed by atoms with Crippen LogP contribution >= 0.6 is 0 Å². The molecular formula is C14H21N3O3. The summed E-state index contributed by atoms with van der Waals surface area (Å²) in [4.78, 5) is 2.19. The molecule has 0 saturated carbocycles. The first-order valence-corrected chi connectivity index (χ1v) is 6.64. The average Bonchev–Trinajstić information content (AvgIpc) is 2.48. The van der Waals surface area contributed by atoms with Crippen molar-refractivity contribution in [3.63, 3.8) is 0 Å². The van der Waals surface area contributed by atoms with Gasteiger partial charge in [-0.25, -0.2) is 0 Å². The third-order valence-corrected chi connectivity index (χ3v) is 3.23. The van der Waals surface area contributed by atoms with Crippen LogP contribution in [0.4, 0.5) is 0 Å². The van der Waals surface area contributed by atoms with Crippen LogP contribution in [-0.4, -0.2) is 56.8 Å². The van der Waals surface area contributed by atoms with E-state index in [2.05, 4.69) is 4.90 Å². The Labute approximate surface area is 118 Å². The number of rotatable bonds is 6. The summed E-state index contributed by atoms with van der Waals surface area (Å²) in [6, 6.07) is 7.58. The Morgan fingerprint density at radius 2 is 2.20 bits per heavy atom. The van der Waals surface area contributed by atoms with Crippen LogP contribution in [-0.2, 0) is 4.74 Å². The molecule has 1 aromatic rings. The minimum Gasteiger partial charge on any atom is -0.493 e. The van der Waals surface area contributed by atoms with Crippen molar-refractivity contribution in [2.75, 3.05) is 40.0 Å². The van der Waals surface area contributed by atoms with Gasteiger partial charge in [-0.3, -0.25) is 10.3 Å². The molecule has 0 radical (unpaired) electrons. The van der Waals surface area contributed by atoms with E-state index in [1.54, 1.807) is 7.11 Å². The van der Waals surface area contributed by atoms with Crippen LogP contribution in [0, 0.1) is 5.41 Å². The third-order valence-electron chi connectivity index (χ3n) is 3.23. The number of benzene rings is 1. The van der Waals surface area contributed by atoms with Crippen molar-refractivity contribution in [1.82, 2.24) is 4.90 Å². The number of nitrogens with zero attached hydrogens (tertiary/aromatic N) is 1. The molecule has 1 aromatic carbocycles. The molecule has 0 bridgehead atoms. The predicted octanol–water partition coefficient (Wildman–Crippen LogP) is 0.711. The molecule has 1 aliphatic rings. The van der Waals surface area contributed by atoms with E-state index < -0.39 is 0 Å². The van der Waals surface area contributed by atoms with Crippen molar-refractivity contribution in [3.05, 3.63) is 24.3 Å². The minimum atomic E-state index is -0.296. The van der Waals surface area contributed by atoms with Gasteiger partial charge in [0.25, 0.3) is 0 Å².